The van der Waals surface area contributed by atoms with Crippen molar-refractivity contribution in [1.29, 1.82) is 0 Å². The van der Waals surface area contributed by atoms with E-state index >= 15 is 0 Å². The van der Waals surface area contributed by atoms with Gasteiger partial charge in [-0.05, 0) is 87.2 Å². The highest BCUT2D eigenvalue weighted by molar-refractivity contribution is 7.92. The van der Waals surface area contributed by atoms with Crippen LogP contribution in [0, 0.1) is 20.8 Å². The van der Waals surface area contributed by atoms with Crippen LogP contribution >= 0.6 is 0 Å². The van der Waals surface area contributed by atoms with E-state index in [1.54, 1.807) is 26.8 Å². The summed E-state index contributed by atoms with van der Waals surface area (Å²) >= 11 is 0. The number of aryl methyl sites for hydroxylation is 3. The van der Waals surface area contributed by atoms with Gasteiger partial charge in [0.2, 0.25) is 5.95 Å². The van der Waals surface area contributed by atoms with E-state index in [0.29, 0.717) is 28.7 Å². The van der Waals surface area contributed by atoms with Crippen molar-refractivity contribution < 1.29 is 17.9 Å². The maximum absolute atomic E-state index is 12.7. The van der Waals surface area contributed by atoms with Crippen molar-refractivity contribution in [3.63, 3.8) is 0 Å². The van der Waals surface area contributed by atoms with Gasteiger partial charge in [-0.25, -0.2) is 23.1 Å². The molecule has 3 rings (SSSR count). The third-order valence-corrected chi connectivity index (χ3v) is 6.53. The molecular formula is C25H30N4O4S. The van der Waals surface area contributed by atoms with Gasteiger partial charge in [0.1, 0.15) is 5.75 Å². The Kier molecular flexibility index (Phi) is 7.56. The number of sulfonamides is 1. The van der Waals surface area contributed by atoms with Crippen LogP contribution in [0.3, 0.4) is 0 Å². The Morgan fingerprint density at radius 3 is 2.09 bits per heavy atom. The highest BCUT2D eigenvalue weighted by Gasteiger charge is 2.18. The average molecular weight is 483 g/mol. The zero-order valence-corrected chi connectivity index (χ0v) is 21.0. The first-order chi connectivity index (χ1) is 15.9. The molecule has 2 N–H and O–H groups in total. The van der Waals surface area contributed by atoms with Crippen LogP contribution in [-0.2, 0) is 14.8 Å². The second-order valence-electron chi connectivity index (χ2n) is 8.53. The number of nitrogens with one attached hydrogen (secondary N) is 2. The minimum atomic E-state index is -3.88. The fourth-order valence-corrected chi connectivity index (χ4v) is 4.48. The van der Waals surface area contributed by atoms with Crippen LogP contribution in [0.4, 0.5) is 11.6 Å². The van der Waals surface area contributed by atoms with Crippen molar-refractivity contribution in [2.24, 2.45) is 0 Å². The summed E-state index contributed by atoms with van der Waals surface area (Å²) in [5, 5.41) is 2.75. The summed E-state index contributed by atoms with van der Waals surface area (Å²) in [6.45, 7) is 11.5. The van der Waals surface area contributed by atoms with Crippen molar-refractivity contribution in [2.75, 3.05) is 10.0 Å². The standard InChI is InChI=1S/C25H30N4O4S/c1-15(2)23-12-9-21(13-16(23)3)33-19(6)24(30)28-20-7-10-22(11-8-20)34(31,32)29-25-26-17(4)14-18(5)27-25/h7-15,19H,1-6H3,(H,28,30)(H,26,27,29). The number of carbonyl (C=O) groups is 1. The quantitative estimate of drug-likeness (QED) is 0.480. The van der Waals surface area contributed by atoms with Crippen LogP contribution in [0.5, 0.6) is 5.75 Å². The average Bonchev–Trinajstić information content (AvgIpc) is 2.72. The van der Waals surface area contributed by atoms with Gasteiger partial charge in [0.15, 0.2) is 6.10 Å². The maximum Gasteiger partial charge on any atom is 0.265 e. The molecule has 1 aromatic heterocycles. The number of carbonyl (C=O) groups excluding carboxylic acids is 1. The first kappa shape index (κ1) is 25.2. The largest absolute Gasteiger partial charge is 0.481 e. The van der Waals surface area contributed by atoms with Gasteiger partial charge in [-0.3, -0.25) is 4.79 Å². The summed E-state index contributed by atoms with van der Waals surface area (Å²) in [5.74, 6) is 0.691. The van der Waals surface area contributed by atoms with Gasteiger partial charge < -0.3 is 10.1 Å². The van der Waals surface area contributed by atoms with E-state index in [-0.39, 0.29) is 16.8 Å². The van der Waals surface area contributed by atoms with E-state index in [0.717, 1.165) is 5.56 Å². The number of amides is 1. The lowest BCUT2D eigenvalue weighted by Gasteiger charge is -2.17. The molecule has 0 aliphatic rings. The Morgan fingerprint density at radius 1 is 0.912 bits per heavy atom. The summed E-state index contributed by atoms with van der Waals surface area (Å²) in [5.41, 5.74) is 4.11. The maximum atomic E-state index is 12.7. The lowest BCUT2D eigenvalue weighted by atomic mass is 9.98. The molecule has 9 heteroatoms. The van der Waals surface area contributed by atoms with Crippen molar-refractivity contribution >= 4 is 27.6 Å². The van der Waals surface area contributed by atoms with Crippen molar-refractivity contribution in [3.8, 4) is 5.75 Å². The molecule has 8 nitrogen and oxygen atoms in total. The molecule has 1 amide bonds. The first-order valence-corrected chi connectivity index (χ1v) is 12.5. The molecule has 0 aliphatic carbocycles. The second kappa shape index (κ2) is 10.2. The number of hydrogen-bond acceptors (Lipinski definition) is 6. The summed E-state index contributed by atoms with van der Waals surface area (Å²) < 4.78 is 33.5. The smallest absolute Gasteiger partial charge is 0.265 e. The number of hydrogen-bond donors (Lipinski definition) is 2. The summed E-state index contributed by atoms with van der Waals surface area (Å²) in [6.07, 6.45) is -0.740. The van der Waals surface area contributed by atoms with Crippen LogP contribution in [0.2, 0.25) is 0 Å². The molecule has 0 aliphatic heterocycles. The molecule has 0 saturated carbocycles. The van der Waals surface area contributed by atoms with E-state index < -0.39 is 16.1 Å². The molecule has 34 heavy (non-hydrogen) atoms. The van der Waals surface area contributed by atoms with Crippen LogP contribution in [-0.4, -0.2) is 30.4 Å². The molecule has 1 atom stereocenters. The minimum Gasteiger partial charge on any atom is -0.481 e. The lowest BCUT2D eigenvalue weighted by Crippen LogP contribution is -2.30. The minimum absolute atomic E-state index is 0.0116. The fourth-order valence-electron chi connectivity index (χ4n) is 3.54. The van der Waals surface area contributed by atoms with Gasteiger partial charge in [0.25, 0.3) is 15.9 Å². The number of anilines is 2. The zero-order valence-electron chi connectivity index (χ0n) is 20.2. The predicted molar refractivity (Wildman–Crippen MR) is 133 cm³/mol. The molecule has 0 radical (unpaired) electrons. The van der Waals surface area contributed by atoms with Gasteiger partial charge in [0.05, 0.1) is 4.90 Å². The normalized spacial score (nSPS) is 12.3. The van der Waals surface area contributed by atoms with Crippen molar-refractivity contribution in [3.05, 3.63) is 71.0 Å². The van der Waals surface area contributed by atoms with E-state index in [2.05, 4.69) is 33.9 Å². The Morgan fingerprint density at radius 2 is 1.53 bits per heavy atom. The van der Waals surface area contributed by atoms with Gasteiger partial charge in [0, 0.05) is 17.1 Å². The number of nitrogens with zero attached hydrogens (tertiary/aromatic N) is 2. The first-order valence-electron chi connectivity index (χ1n) is 11.0. The van der Waals surface area contributed by atoms with E-state index in [1.807, 2.05) is 25.1 Å². The van der Waals surface area contributed by atoms with Crippen LogP contribution < -0.4 is 14.8 Å². The summed E-state index contributed by atoms with van der Waals surface area (Å²) in [4.78, 5) is 20.8. The third kappa shape index (κ3) is 6.32. The SMILES string of the molecule is Cc1cc(C)nc(NS(=O)(=O)c2ccc(NC(=O)C(C)Oc3ccc(C(C)C)c(C)c3)cc2)n1. The predicted octanol–water partition coefficient (Wildman–Crippen LogP) is 4.73. The molecule has 3 aromatic rings. The Balaban J connectivity index is 1.64. The van der Waals surface area contributed by atoms with Gasteiger partial charge in [-0.2, -0.15) is 0 Å². The van der Waals surface area contributed by atoms with Crippen LogP contribution in [0.15, 0.2) is 53.4 Å². The van der Waals surface area contributed by atoms with E-state index in [1.165, 1.54) is 29.8 Å². The fraction of sp³-hybridized carbons (Fsp3) is 0.320. The molecule has 1 heterocycles. The highest BCUT2D eigenvalue weighted by atomic mass is 32.2. The number of benzene rings is 2. The van der Waals surface area contributed by atoms with Crippen LogP contribution in [0.25, 0.3) is 0 Å². The molecule has 0 fully saturated rings. The second-order valence-corrected chi connectivity index (χ2v) is 10.2. The number of rotatable bonds is 8. The van der Waals surface area contributed by atoms with Gasteiger partial charge in [-0.15, -0.1) is 0 Å². The summed E-state index contributed by atoms with van der Waals surface area (Å²) in [6, 6.07) is 13.4. The highest BCUT2D eigenvalue weighted by Crippen LogP contribution is 2.24. The monoisotopic (exact) mass is 482 g/mol. The Hall–Kier alpha value is -3.46. The van der Waals surface area contributed by atoms with Gasteiger partial charge >= 0.3 is 0 Å². The van der Waals surface area contributed by atoms with Crippen molar-refractivity contribution in [2.45, 2.75) is 58.5 Å². The molecule has 1 unspecified atom stereocenters. The van der Waals surface area contributed by atoms with Gasteiger partial charge in [-0.1, -0.05) is 19.9 Å². The Labute approximate surface area is 200 Å². The van der Waals surface area contributed by atoms with Crippen molar-refractivity contribution in [1.82, 2.24) is 9.97 Å². The topological polar surface area (TPSA) is 110 Å². The number of ether oxygens (including phenoxy) is 1. The number of aromatic nitrogens is 2. The summed E-state index contributed by atoms with van der Waals surface area (Å²) in [7, 11) is -3.88. The molecule has 0 spiro atoms. The molecule has 2 aromatic carbocycles. The molecular weight excluding hydrogens is 452 g/mol. The van der Waals surface area contributed by atoms with Crippen LogP contribution in [0.1, 0.15) is 49.2 Å². The zero-order chi connectivity index (χ0) is 25.0. The van der Waals surface area contributed by atoms with E-state index in [9.17, 15) is 13.2 Å². The molecule has 180 valence electrons. The van der Waals surface area contributed by atoms with E-state index in [4.69, 9.17) is 4.74 Å². The molecule has 0 saturated heterocycles. The third-order valence-electron chi connectivity index (χ3n) is 5.19. The Bertz CT molecular complexity index is 1270. The lowest BCUT2D eigenvalue weighted by molar-refractivity contribution is -0.122. The molecule has 0 bridgehead atoms.